The molecule has 6 nitrogen and oxygen atoms in total. The van der Waals surface area contributed by atoms with Crippen molar-refractivity contribution >= 4 is 17.3 Å². The highest BCUT2D eigenvalue weighted by molar-refractivity contribution is 5.85. The second-order valence-corrected chi connectivity index (χ2v) is 4.31. The highest BCUT2D eigenvalue weighted by atomic mass is 19.1. The molecule has 0 bridgehead atoms. The molecule has 3 N–H and O–H groups in total. The predicted octanol–water partition coefficient (Wildman–Crippen LogP) is 2.37. The third-order valence-electron chi connectivity index (χ3n) is 2.87. The first-order valence-electron chi connectivity index (χ1n) is 6.04. The molecule has 0 saturated heterocycles. The number of amides is 1. The van der Waals surface area contributed by atoms with Crippen LogP contribution in [0.25, 0.3) is 0 Å². The summed E-state index contributed by atoms with van der Waals surface area (Å²) >= 11 is 0. The first-order chi connectivity index (χ1) is 9.99. The van der Waals surface area contributed by atoms with Crippen molar-refractivity contribution in [2.45, 2.75) is 6.04 Å². The smallest absolute Gasteiger partial charge is 0.295 e. The number of rotatable bonds is 5. The van der Waals surface area contributed by atoms with E-state index in [0.717, 1.165) is 12.1 Å². The number of hydrogen-bond donors (Lipinski definition) is 2. The van der Waals surface area contributed by atoms with Gasteiger partial charge in [-0.05, 0) is 17.7 Å². The van der Waals surface area contributed by atoms with Crippen LogP contribution in [0.2, 0.25) is 0 Å². The Bertz CT molecular complexity index is 676. The van der Waals surface area contributed by atoms with Crippen LogP contribution in [0.3, 0.4) is 0 Å². The zero-order chi connectivity index (χ0) is 15.4. The Morgan fingerprint density at radius 3 is 2.48 bits per heavy atom. The molecule has 0 aliphatic heterocycles. The molecule has 1 atom stereocenters. The molecule has 0 spiro atoms. The minimum atomic E-state index is -0.949. The fourth-order valence-corrected chi connectivity index (χ4v) is 1.90. The van der Waals surface area contributed by atoms with E-state index in [1.165, 1.54) is 6.07 Å². The first kappa shape index (κ1) is 14.4. The second kappa shape index (κ2) is 6.00. The molecule has 7 heteroatoms. The van der Waals surface area contributed by atoms with Crippen molar-refractivity contribution in [3.8, 4) is 0 Å². The van der Waals surface area contributed by atoms with E-state index in [1.54, 1.807) is 30.3 Å². The highest BCUT2D eigenvalue weighted by Crippen LogP contribution is 2.28. The van der Waals surface area contributed by atoms with Gasteiger partial charge >= 0.3 is 0 Å². The fourth-order valence-electron chi connectivity index (χ4n) is 1.90. The molecule has 0 aliphatic rings. The van der Waals surface area contributed by atoms with Gasteiger partial charge in [0.25, 0.3) is 5.69 Å². The van der Waals surface area contributed by atoms with Crippen molar-refractivity contribution in [3.63, 3.8) is 0 Å². The van der Waals surface area contributed by atoms with Crippen LogP contribution < -0.4 is 11.1 Å². The molecule has 108 valence electrons. The Morgan fingerprint density at radius 1 is 1.24 bits per heavy atom. The van der Waals surface area contributed by atoms with Gasteiger partial charge in [0.1, 0.15) is 17.5 Å². The molecule has 1 unspecified atom stereocenters. The zero-order valence-corrected chi connectivity index (χ0v) is 10.8. The number of anilines is 1. The monoisotopic (exact) mass is 289 g/mol. The summed E-state index contributed by atoms with van der Waals surface area (Å²) in [4.78, 5) is 21.8. The predicted molar refractivity (Wildman–Crippen MR) is 75.1 cm³/mol. The molecule has 1 amide bonds. The lowest BCUT2D eigenvalue weighted by Gasteiger charge is -2.17. The van der Waals surface area contributed by atoms with Crippen LogP contribution in [0.5, 0.6) is 0 Å². The van der Waals surface area contributed by atoms with Crippen LogP contribution in [-0.2, 0) is 4.79 Å². The molecule has 0 radical (unpaired) electrons. The third kappa shape index (κ3) is 3.33. The number of carbonyl (C=O) groups is 1. The van der Waals surface area contributed by atoms with Crippen LogP contribution in [0.4, 0.5) is 15.8 Å². The summed E-state index contributed by atoms with van der Waals surface area (Å²) in [5.41, 5.74) is 5.45. The lowest BCUT2D eigenvalue weighted by Crippen LogP contribution is -2.28. The van der Waals surface area contributed by atoms with Crippen molar-refractivity contribution in [1.82, 2.24) is 0 Å². The highest BCUT2D eigenvalue weighted by Gasteiger charge is 2.22. The molecule has 21 heavy (non-hydrogen) atoms. The Hall–Kier alpha value is -2.96. The molecular weight excluding hydrogens is 277 g/mol. The van der Waals surface area contributed by atoms with Gasteiger partial charge in [0.15, 0.2) is 0 Å². The molecular formula is C14H12FN3O3. The Labute approximate surface area is 119 Å². The summed E-state index contributed by atoms with van der Waals surface area (Å²) in [6.45, 7) is 0. The maximum absolute atomic E-state index is 13.1. The van der Waals surface area contributed by atoms with E-state index in [0.29, 0.717) is 5.56 Å². The average Bonchev–Trinajstić information content (AvgIpc) is 2.46. The molecule has 2 aromatic carbocycles. The Kier molecular flexibility index (Phi) is 4.13. The number of nitro groups is 1. The van der Waals surface area contributed by atoms with Crippen molar-refractivity contribution < 1.29 is 14.1 Å². The number of primary amides is 1. The van der Waals surface area contributed by atoms with E-state index in [1.807, 2.05) is 0 Å². The van der Waals surface area contributed by atoms with E-state index in [4.69, 9.17) is 5.73 Å². The van der Waals surface area contributed by atoms with E-state index in [9.17, 15) is 19.3 Å². The first-order valence-corrected chi connectivity index (χ1v) is 6.04. The Balaban J connectivity index is 2.39. The second-order valence-electron chi connectivity index (χ2n) is 4.31. The number of benzene rings is 2. The summed E-state index contributed by atoms with van der Waals surface area (Å²) < 4.78 is 13.1. The summed E-state index contributed by atoms with van der Waals surface area (Å²) in [7, 11) is 0. The molecule has 2 rings (SSSR count). The number of nitrogens with one attached hydrogen (secondary N) is 1. The van der Waals surface area contributed by atoms with Crippen LogP contribution in [-0.4, -0.2) is 10.8 Å². The molecule has 0 aromatic heterocycles. The number of hydrogen-bond acceptors (Lipinski definition) is 4. The maximum Gasteiger partial charge on any atom is 0.295 e. The number of carbonyl (C=O) groups excluding carboxylic acids is 1. The largest absolute Gasteiger partial charge is 0.368 e. The SMILES string of the molecule is NC(=O)C(Nc1ccc(F)cc1[N+](=O)[O-])c1ccccc1. The van der Waals surface area contributed by atoms with Crippen LogP contribution >= 0.6 is 0 Å². The molecule has 0 heterocycles. The van der Waals surface area contributed by atoms with E-state index in [-0.39, 0.29) is 5.69 Å². The van der Waals surface area contributed by atoms with Crippen LogP contribution in [0.1, 0.15) is 11.6 Å². The van der Waals surface area contributed by atoms with Crippen molar-refractivity contribution in [1.29, 1.82) is 0 Å². The summed E-state index contributed by atoms with van der Waals surface area (Å²) in [6, 6.07) is 10.6. The van der Waals surface area contributed by atoms with Gasteiger partial charge in [-0.1, -0.05) is 30.3 Å². The van der Waals surface area contributed by atoms with E-state index in [2.05, 4.69) is 5.32 Å². The summed E-state index contributed by atoms with van der Waals surface area (Å²) in [5.74, 6) is -1.43. The lowest BCUT2D eigenvalue weighted by molar-refractivity contribution is -0.384. The lowest BCUT2D eigenvalue weighted by atomic mass is 10.1. The van der Waals surface area contributed by atoms with Crippen molar-refractivity contribution in [2.24, 2.45) is 5.73 Å². The fraction of sp³-hybridized carbons (Fsp3) is 0.0714. The quantitative estimate of drug-likeness (QED) is 0.652. The van der Waals surface area contributed by atoms with Gasteiger partial charge in [-0.25, -0.2) is 4.39 Å². The van der Waals surface area contributed by atoms with E-state index < -0.39 is 28.4 Å². The van der Waals surface area contributed by atoms with Gasteiger partial charge in [0.2, 0.25) is 5.91 Å². The van der Waals surface area contributed by atoms with Crippen molar-refractivity contribution in [3.05, 3.63) is 70.0 Å². The normalized spacial score (nSPS) is 11.7. The average molecular weight is 289 g/mol. The van der Waals surface area contributed by atoms with Gasteiger partial charge in [0.05, 0.1) is 11.0 Å². The van der Waals surface area contributed by atoms with Crippen molar-refractivity contribution in [2.75, 3.05) is 5.32 Å². The zero-order valence-electron chi connectivity index (χ0n) is 10.8. The standard InChI is InChI=1S/C14H12FN3O3/c15-10-6-7-11(12(8-10)18(20)21)17-13(14(16)19)9-4-2-1-3-5-9/h1-8,13,17H,(H2,16,19). The van der Waals surface area contributed by atoms with Crippen LogP contribution in [0.15, 0.2) is 48.5 Å². The maximum atomic E-state index is 13.1. The van der Waals surface area contributed by atoms with Gasteiger partial charge < -0.3 is 11.1 Å². The molecule has 2 aromatic rings. The summed E-state index contributed by atoms with van der Waals surface area (Å²) in [5, 5.41) is 13.6. The molecule has 0 fully saturated rings. The van der Waals surface area contributed by atoms with E-state index >= 15 is 0 Å². The third-order valence-corrected chi connectivity index (χ3v) is 2.87. The minimum absolute atomic E-state index is 0.0223. The topological polar surface area (TPSA) is 98.3 Å². The molecule has 0 aliphatic carbocycles. The van der Waals surface area contributed by atoms with Crippen LogP contribution in [0, 0.1) is 15.9 Å². The minimum Gasteiger partial charge on any atom is -0.368 e. The number of nitrogens with two attached hydrogens (primary N) is 1. The number of nitro benzene ring substituents is 1. The molecule has 0 saturated carbocycles. The summed E-state index contributed by atoms with van der Waals surface area (Å²) in [6.07, 6.45) is 0. The van der Waals surface area contributed by atoms with Gasteiger partial charge in [0, 0.05) is 0 Å². The van der Waals surface area contributed by atoms with Gasteiger partial charge in [-0.3, -0.25) is 14.9 Å². The van der Waals surface area contributed by atoms with Gasteiger partial charge in [-0.2, -0.15) is 0 Å². The number of halogens is 1. The Morgan fingerprint density at radius 2 is 1.90 bits per heavy atom. The number of nitrogens with zero attached hydrogens (tertiary/aromatic N) is 1. The van der Waals surface area contributed by atoms with Gasteiger partial charge in [-0.15, -0.1) is 0 Å².